The number of aromatic hydroxyl groups is 1. The summed E-state index contributed by atoms with van der Waals surface area (Å²) in [6.07, 6.45) is 2.08. The predicted octanol–water partition coefficient (Wildman–Crippen LogP) is 3.94. The van der Waals surface area contributed by atoms with Crippen molar-refractivity contribution in [3.8, 4) is 11.5 Å². The number of ether oxygens (including phenoxy) is 2. The van der Waals surface area contributed by atoms with Crippen LogP contribution in [0, 0.1) is 0 Å². The van der Waals surface area contributed by atoms with E-state index in [1.165, 1.54) is 18.2 Å². The van der Waals surface area contributed by atoms with Gasteiger partial charge in [-0.3, -0.25) is 9.46 Å². The van der Waals surface area contributed by atoms with Crippen LogP contribution in [0.2, 0.25) is 0 Å². The zero-order chi connectivity index (χ0) is 23.1. The number of unbranched alkanes of at least 4 members (excludes halogenated alkanes) is 1. The number of nitrogens with zero attached hydrogens (tertiary/aromatic N) is 1. The van der Waals surface area contributed by atoms with E-state index in [-0.39, 0.29) is 17.2 Å². The van der Waals surface area contributed by atoms with Gasteiger partial charge in [-0.1, -0.05) is 25.2 Å². The average molecular weight is 495 g/mol. The fourth-order valence-electron chi connectivity index (χ4n) is 3.20. The molecule has 0 aromatic heterocycles. The zero-order valence-corrected chi connectivity index (χ0v) is 20.4. The van der Waals surface area contributed by atoms with Crippen LogP contribution < -0.4 is 15.4 Å². The minimum atomic E-state index is -2.21. The third-order valence-electron chi connectivity index (χ3n) is 5.01. The van der Waals surface area contributed by atoms with Gasteiger partial charge >= 0.3 is 5.97 Å². The van der Waals surface area contributed by atoms with Crippen molar-refractivity contribution >= 4 is 52.3 Å². The molecule has 2 aromatic carbocycles. The number of carbonyl (C=O) groups excluding carboxylic acids is 2. The first-order valence-electron chi connectivity index (χ1n) is 10.4. The number of amides is 1. The van der Waals surface area contributed by atoms with Crippen LogP contribution in [-0.4, -0.2) is 48.0 Å². The fraction of sp³-hybridized carbons (Fsp3) is 0.364. The van der Waals surface area contributed by atoms with Crippen molar-refractivity contribution in [3.05, 3.63) is 48.0 Å². The summed E-state index contributed by atoms with van der Waals surface area (Å²) in [5, 5.41) is 11.5. The van der Waals surface area contributed by atoms with Crippen molar-refractivity contribution < 1.29 is 24.2 Å². The SMILES string of the molecule is CCCCC(=O)Nc1ccc(O)c(C(=O)Oc2ccc(P(=S)(S)N3CCOCC3)cc2)c1. The zero-order valence-electron chi connectivity index (χ0n) is 17.8. The van der Waals surface area contributed by atoms with Crippen molar-refractivity contribution in [2.24, 2.45) is 0 Å². The number of nitrogens with one attached hydrogen (secondary N) is 1. The van der Waals surface area contributed by atoms with Crippen molar-refractivity contribution in [2.75, 3.05) is 31.6 Å². The number of hydrogen-bond donors (Lipinski definition) is 3. The third-order valence-corrected chi connectivity index (χ3v) is 9.93. The number of rotatable bonds is 8. The van der Waals surface area contributed by atoms with Gasteiger partial charge in [0.1, 0.15) is 17.1 Å². The third kappa shape index (κ3) is 6.33. The summed E-state index contributed by atoms with van der Waals surface area (Å²) >= 11 is 10.6. The first-order chi connectivity index (χ1) is 15.3. The number of benzene rings is 2. The molecule has 32 heavy (non-hydrogen) atoms. The predicted molar refractivity (Wildman–Crippen MR) is 133 cm³/mol. The Bertz CT molecular complexity index is 1010. The van der Waals surface area contributed by atoms with E-state index >= 15 is 0 Å². The van der Waals surface area contributed by atoms with E-state index in [1.807, 2.05) is 19.1 Å². The van der Waals surface area contributed by atoms with Crippen LogP contribution in [0.5, 0.6) is 11.5 Å². The highest BCUT2D eigenvalue weighted by molar-refractivity contribution is 8.65. The molecule has 1 amide bonds. The molecular formula is C22H27N2O5PS2. The summed E-state index contributed by atoms with van der Waals surface area (Å²) in [7, 11) is 0. The van der Waals surface area contributed by atoms with Crippen molar-refractivity contribution in [3.63, 3.8) is 0 Å². The van der Waals surface area contributed by atoms with Gasteiger partial charge in [-0.15, -0.1) is 12.2 Å². The molecule has 1 fully saturated rings. The lowest BCUT2D eigenvalue weighted by atomic mass is 10.1. The normalized spacial score (nSPS) is 16.2. The molecule has 0 spiro atoms. The quantitative estimate of drug-likeness (QED) is 0.168. The summed E-state index contributed by atoms with van der Waals surface area (Å²) < 4.78 is 13.0. The molecule has 7 nitrogen and oxygen atoms in total. The molecule has 2 N–H and O–H groups in total. The Labute approximate surface area is 198 Å². The molecule has 1 unspecified atom stereocenters. The Morgan fingerprint density at radius 2 is 1.91 bits per heavy atom. The second kappa shape index (κ2) is 11.3. The highest BCUT2D eigenvalue weighted by Crippen LogP contribution is 2.53. The number of hydrogen-bond acceptors (Lipinski definition) is 6. The number of carbonyl (C=O) groups is 2. The van der Waals surface area contributed by atoms with Crippen LogP contribution in [0.1, 0.15) is 36.5 Å². The molecule has 2 aromatic rings. The molecule has 0 saturated carbocycles. The lowest BCUT2D eigenvalue weighted by Gasteiger charge is -2.34. The van der Waals surface area contributed by atoms with Crippen molar-refractivity contribution in [2.45, 2.75) is 26.2 Å². The summed E-state index contributed by atoms with van der Waals surface area (Å²) in [4.78, 5) is 24.6. The highest BCUT2D eigenvalue weighted by Gasteiger charge is 2.26. The van der Waals surface area contributed by atoms with Gasteiger partial charge in [0.05, 0.1) is 18.6 Å². The maximum Gasteiger partial charge on any atom is 0.347 e. The molecule has 1 aliphatic heterocycles. The van der Waals surface area contributed by atoms with E-state index in [0.29, 0.717) is 31.1 Å². The first-order valence-corrected chi connectivity index (χ1v) is 14.3. The van der Waals surface area contributed by atoms with E-state index < -0.39 is 11.4 Å². The second-order valence-corrected chi connectivity index (χ2v) is 13.7. The van der Waals surface area contributed by atoms with E-state index in [1.54, 1.807) is 12.1 Å². The number of esters is 1. The Kier molecular flexibility index (Phi) is 8.73. The van der Waals surface area contributed by atoms with Gasteiger partial charge in [-0.25, -0.2) is 4.79 Å². The Morgan fingerprint density at radius 1 is 1.22 bits per heavy atom. The van der Waals surface area contributed by atoms with Crippen LogP contribution in [0.25, 0.3) is 0 Å². The van der Waals surface area contributed by atoms with Gasteiger partial charge in [0.15, 0.2) is 0 Å². The standard InChI is InChI=1S/C22H27N2O5PS2/c1-2-3-4-21(26)23-16-5-10-20(25)19(15-16)22(27)29-17-6-8-18(9-7-17)30(31,32)24-11-13-28-14-12-24/h5-10,15,25H,2-4,11-14H2,1H3,(H,23,26)(H,31,32). The molecule has 1 heterocycles. The van der Waals surface area contributed by atoms with E-state index in [9.17, 15) is 14.7 Å². The Morgan fingerprint density at radius 3 is 2.56 bits per heavy atom. The lowest BCUT2D eigenvalue weighted by Crippen LogP contribution is -2.35. The molecule has 172 valence electrons. The maximum atomic E-state index is 12.6. The van der Waals surface area contributed by atoms with Crippen LogP contribution in [0.4, 0.5) is 5.69 Å². The molecule has 1 aliphatic rings. The molecule has 3 rings (SSSR count). The Balaban J connectivity index is 1.68. The lowest BCUT2D eigenvalue weighted by molar-refractivity contribution is -0.116. The smallest absolute Gasteiger partial charge is 0.347 e. The molecule has 0 radical (unpaired) electrons. The van der Waals surface area contributed by atoms with Crippen LogP contribution >= 0.6 is 17.6 Å². The minimum absolute atomic E-state index is 0.0324. The van der Waals surface area contributed by atoms with Crippen molar-refractivity contribution in [1.82, 2.24) is 4.67 Å². The topological polar surface area (TPSA) is 88.1 Å². The number of phenols is 1. The van der Waals surface area contributed by atoms with Gasteiger partial charge in [0, 0.05) is 30.5 Å². The van der Waals surface area contributed by atoms with Gasteiger partial charge < -0.3 is 19.9 Å². The molecular weight excluding hydrogens is 467 g/mol. The maximum absolute atomic E-state index is 12.6. The van der Waals surface area contributed by atoms with E-state index in [2.05, 4.69) is 9.99 Å². The monoisotopic (exact) mass is 494 g/mol. The largest absolute Gasteiger partial charge is 0.507 e. The molecule has 1 atom stereocenters. The number of anilines is 1. The molecule has 0 bridgehead atoms. The number of morpholine rings is 1. The van der Waals surface area contributed by atoms with Gasteiger partial charge in [0.25, 0.3) is 0 Å². The number of thiol groups is 1. The average Bonchev–Trinajstić information content (AvgIpc) is 2.80. The fourth-order valence-corrected chi connectivity index (χ4v) is 6.56. The molecule has 10 heteroatoms. The molecule has 0 aliphatic carbocycles. The summed E-state index contributed by atoms with van der Waals surface area (Å²) in [6, 6.07) is 11.3. The van der Waals surface area contributed by atoms with Crippen molar-refractivity contribution in [1.29, 1.82) is 0 Å². The van der Waals surface area contributed by atoms with E-state index in [4.69, 9.17) is 33.5 Å². The first kappa shape index (κ1) is 24.7. The van der Waals surface area contributed by atoms with Crippen LogP contribution in [0.15, 0.2) is 42.5 Å². The second-order valence-electron chi connectivity index (χ2n) is 7.38. The Hall–Kier alpha value is -1.90. The summed E-state index contributed by atoms with van der Waals surface area (Å²) in [5.74, 6) is -0.772. The van der Waals surface area contributed by atoms with Gasteiger partial charge in [0.2, 0.25) is 5.91 Å². The van der Waals surface area contributed by atoms with Crippen LogP contribution in [0.3, 0.4) is 0 Å². The molecule has 1 saturated heterocycles. The summed E-state index contributed by atoms with van der Waals surface area (Å²) in [5.41, 5.74) is 0.391. The minimum Gasteiger partial charge on any atom is -0.507 e. The van der Waals surface area contributed by atoms with Crippen LogP contribution in [-0.2, 0) is 21.3 Å². The highest BCUT2D eigenvalue weighted by atomic mass is 32.9. The van der Waals surface area contributed by atoms with Gasteiger partial charge in [-0.2, -0.15) is 0 Å². The van der Waals surface area contributed by atoms with Gasteiger partial charge in [-0.05, 0) is 48.9 Å². The number of phenolic OH excluding ortho intramolecular Hbond substituents is 1. The van der Waals surface area contributed by atoms with E-state index in [0.717, 1.165) is 31.2 Å². The summed E-state index contributed by atoms with van der Waals surface area (Å²) in [6.45, 7) is 4.75.